The van der Waals surface area contributed by atoms with Gasteiger partial charge < -0.3 is 23.4 Å². The summed E-state index contributed by atoms with van der Waals surface area (Å²) in [5.41, 5.74) is 0.539. The van der Waals surface area contributed by atoms with E-state index < -0.39 is 6.10 Å². The molecule has 3 heterocycles. The smallest absolute Gasteiger partial charge is 0.277 e. The minimum Gasteiger partial charge on any atom is -0.485 e. The van der Waals surface area contributed by atoms with Crippen LogP contribution in [0.3, 0.4) is 0 Å². The molecule has 0 N–H and O–H groups in total. The molecule has 1 aromatic heterocycles. The maximum absolute atomic E-state index is 12.4. The maximum atomic E-state index is 12.4. The van der Waals surface area contributed by atoms with E-state index in [0.717, 1.165) is 0 Å². The van der Waals surface area contributed by atoms with Gasteiger partial charge in [-0.3, -0.25) is 4.79 Å². The molecule has 0 saturated carbocycles. The van der Waals surface area contributed by atoms with E-state index in [2.05, 4.69) is 10.2 Å². The van der Waals surface area contributed by atoms with Gasteiger partial charge in [0.25, 0.3) is 11.1 Å². The highest BCUT2D eigenvalue weighted by Gasteiger charge is 2.27. The van der Waals surface area contributed by atoms with E-state index in [1.54, 1.807) is 18.2 Å². The van der Waals surface area contributed by atoms with Crippen LogP contribution in [0.4, 0.5) is 0 Å². The van der Waals surface area contributed by atoms with Gasteiger partial charge in [-0.2, -0.15) is 0 Å². The number of thioether (sulfide) groups is 1. The van der Waals surface area contributed by atoms with Crippen molar-refractivity contribution in [2.45, 2.75) is 11.3 Å². The van der Waals surface area contributed by atoms with Crippen molar-refractivity contribution in [3.63, 3.8) is 0 Å². The molecule has 8 nitrogen and oxygen atoms in total. The van der Waals surface area contributed by atoms with Crippen LogP contribution < -0.4 is 18.9 Å². The molecule has 0 spiro atoms. The Kier molecular flexibility index (Phi) is 4.28. The molecular formula is C19H14N2O6S. The Hall–Kier alpha value is -3.20. The first-order valence-electron chi connectivity index (χ1n) is 8.54. The summed E-state index contributed by atoms with van der Waals surface area (Å²) < 4.78 is 27.7. The zero-order valence-corrected chi connectivity index (χ0v) is 15.3. The lowest BCUT2D eigenvalue weighted by Gasteiger charge is -2.23. The first-order valence-corrected chi connectivity index (χ1v) is 9.52. The van der Waals surface area contributed by atoms with E-state index in [1.165, 1.54) is 11.8 Å². The number of rotatable bonds is 5. The number of aromatic nitrogens is 2. The molecule has 2 aliphatic rings. The summed E-state index contributed by atoms with van der Waals surface area (Å²) in [5, 5.41) is 8.30. The monoisotopic (exact) mass is 398 g/mol. The summed E-state index contributed by atoms with van der Waals surface area (Å²) in [6.45, 7) is 0.448. The van der Waals surface area contributed by atoms with E-state index in [9.17, 15) is 4.79 Å². The third-order valence-electron chi connectivity index (χ3n) is 4.23. The summed E-state index contributed by atoms with van der Waals surface area (Å²) in [6.07, 6.45) is -0.485. The predicted octanol–water partition coefficient (Wildman–Crippen LogP) is 3.29. The molecule has 0 aliphatic carbocycles. The van der Waals surface area contributed by atoms with Crippen molar-refractivity contribution in [3.05, 3.63) is 53.9 Å². The van der Waals surface area contributed by atoms with Gasteiger partial charge in [-0.1, -0.05) is 23.9 Å². The summed E-state index contributed by atoms with van der Waals surface area (Å²) >= 11 is 1.17. The number of Topliss-reactive ketones (excluding diaryl/α,β-unsaturated/α-hetero) is 1. The van der Waals surface area contributed by atoms with Crippen molar-refractivity contribution < 1.29 is 28.2 Å². The number of para-hydroxylation sites is 2. The molecule has 28 heavy (non-hydrogen) atoms. The van der Waals surface area contributed by atoms with Gasteiger partial charge in [-0.25, -0.2) is 0 Å². The average Bonchev–Trinajstić information content (AvgIpc) is 3.40. The summed E-state index contributed by atoms with van der Waals surface area (Å²) in [4.78, 5) is 12.4. The second-order valence-corrected chi connectivity index (χ2v) is 6.98. The van der Waals surface area contributed by atoms with Gasteiger partial charge in [0.1, 0.15) is 6.61 Å². The van der Waals surface area contributed by atoms with Crippen molar-refractivity contribution >= 4 is 17.5 Å². The van der Waals surface area contributed by atoms with E-state index in [1.807, 2.05) is 24.3 Å². The molecule has 0 amide bonds. The van der Waals surface area contributed by atoms with Crippen molar-refractivity contribution in [1.82, 2.24) is 10.2 Å². The highest BCUT2D eigenvalue weighted by molar-refractivity contribution is 7.99. The predicted molar refractivity (Wildman–Crippen MR) is 97.2 cm³/mol. The number of hydrogen-bond acceptors (Lipinski definition) is 9. The van der Waals surface area contributed by atoms with Crippen LogP contribution in [0.25, 0.3) is 0 Å². The number of hydrogen-bond donors (Lipinski definition) is 0. The number of fused-ring (bicyclic) bond motifs is 2. The molecule has 142 valence electrons. The van der Waals surface area contributed by atoms with E-state index in [-0.39, 0.29) is 24.9 Å². The Labute approximate surface area is 163 Å². The highest BCUT2D eigenvalue weighted by Crippen LogP contribution is 2.36. The number of ether oxygens (including phenoxy) is 4. The molecule has 0 unspecified atom stereocenters. The SMILES string of the molecule is O=C(CSc1nnc([C@H]2COc3ccccc3O2)o1)c1ccc2c(c1)OCO2. The fraction of sp³-hybridized carbons (Fsp3) is 0.211. The Morgan fingerprint density at radius 2 is 1.82 bits per heavy atom. The van der Waals surface area contributed by atoms with Crippen LogP contribution >= 0.6 is 11.8 Å². The third kappa shape index (κ3) is 3.24. The maximum Gasteiger partial charge on any atom is 0.277 e. The molecule has 1 atom stereocenters. The van der Waals surface area contributed by atoms with Crippen LogP contribution in [0.5, 0.6) is 23.0 Å². The van der Waals surface area contributed by atoms with E-state index >= 15 is 0 Å². The van der Waals surface area contributed by atoms with Gasteiger partial charge >= 0.3 is 0 Å². The molecule has 0 radical (unpaired) electrons. The Bertz CT molecular complexity index is 1040. The van der Waals surface area contributed by atoms with Gasteiger partial charge in [-0.05, 0) is 30.3 Å². The Morgan fingerprint density at radius 3 is 2.75 bits per heavy atom. The average molecular weight is 398 g/mol. The van der Waals surface area contributed by atoms with Gasteiger partial charge in [0.15, 0.2) is 28.8 Å². The summed E-state index contributed by atoms with van der Waals surface area (Å²) in [7, 11) is 0. The largest absolute Gasteiger partial charge is 0.485 e. The van der Waals surface area contributed by atoms with Crippen molar-refractivity contribution in [2.75, 3.05) is 19.2 Å². The molecule has 3 aromatic rings. The van der Waals surface area contributed by atoms with Gasteiger partial charge in [0, 0.05) is 5.56 Å². The van der Waals surface area contributed by atoms with Crippen molar-refractivity contribution in [1.29, 1.82) is 0 Å². The molecule has 0 fully saturated rings. The first-order chi connectivity index (χ1) is 13.8. The van der Waals surface area contributed by atoms with E-state index in [4.69, 9.17) is 23.4 Å². The van der Waals surface area contributed by atoms with Crippen LogP contribution in [0.2, 0.25) is 0 Å². The minimum atomic E-state index is -0.485. The quantitative estimate of drug-likeness (QED) is 0.474. The molecular weight excluding hydrogens is 384 g/mol. The summed E-state index contributed by atoms with van der Waals surface area (Å²) in [6, 6.07) is 12.5. The fourth-order valence-corrected chi connectivity index (χ4v) is 3.49. The lowest BCUT2D eigenvalue weighted by atomic mass is 10.1. The normalized spacial score (nSPS) is 16.8. The zero-order valence-electron chi connectivity index (χ0n) is 14.5. The van der Waals surface area contributed by atoms with Crippen LogP contribution in [-0.2, 0) is 0 Å². The highest BCUT2D eigenvalue weighted by atomic mass is 32.2. The third-order valence-corrected chi connectivity index (χ3v) is 5.05. The molecule has 2 aliphatic heterocycles. The lowest BCUT2D eigenvalue weighted by molar-refractivity contribution is 0.0686. The molecule has 0 bridgehead atoms. The van der Waals surface area contributed by atoms with Crippen LogP contribution in [0.15, 0.2) is 52.1 Å². The second-order valence-electron chi connectivity index (χ2n) is 6.05. The molecule has 9 heteroatoms. The van der Waals surface area contributed by atoms with Crippen molar-refractivity contribution in [3.8, 4) is 23.0 Å². The number of ketones is 1. The fourth-order valence-electron chi connectivity index (χ4n) is 2.83. The summed E-state index contributed by atoms with van der Waals surface area (Å²) in [5.74, 6) is 2.92. The number of carbonyl (C=O) groups is 1. The molecule has 5 rings (SSSR count). The van der Waals surface area contributed by atoms with Gasteiger partial charge in [0.05, 0.1) is 5.75 Å². The van der Waals surface area contributed by atoms with Gasteiger partial charge in [-0.15, -0.1) is 10.2 Å². The number of benzene rings is 2. The second kappa shape index (κ2) is 7.08. The molecule has 0 saturated heterocycles. The van der Waals surface area contributed by atoms with Crippen LogP contribution in [0, 0.1) is 0 Å². The Morgan fingerprint density at radius 1 is 1.00 bits per heavy atom. The van der Waals surface area contributed by atoms with Crippen LogP contribution in [-0.4, -0.2) is 35.1 Å². The van der Waals surface area contributed by atoms with Crippen LogP contribution in [0.1, 0.15) is 22.4 Å². The van der Waals surface area contributed by atoms with E-state index in [0.29, 0.717) is 39.7 Å². The standard InChI is InChI=1S/C19H14N2O6S/c22-12(11-5-6-14-16(7-11)25-10-24-14)9-28-19-21-20-18(27-19)17-8-23-13-3-1-2-4-15(13)26-17/h1-7,17H,8-10H2/t17-/m1/s1. The van der Waals surface area contributed by atoms with Gasteiger partial charge in [0.2, 0.25) is 12.9 Å². The first kappa shape index (κ1) is 16.9. The number of carbonyl (C=O) groups excluding carboxylic acids is 1. The minimum absolute atomic E-state index is 0.0748. The molecule has 2 aromatic carbocycles. The number of nitrogens with zero attached hydrogens (tertiary/aromatic N) is 2. The van der Waals surface area contributed by atoms with Crippen molar-refractivity contribution in [2.24, 2.45) is 0 Å². The lowest BCUT2D eigenvalue weighted by Crippen LogP contribution is -2.21. The topological polar surface area (TPSA) is 92.9 Å². The Balaban J connectivity index is 1.22. The zero-order chi connectivity index (χ0) is 18.9.